The lowest BCUT2D eigenvalue weighted by atomic mass is 10.1. The molecule has 1 heterocycles. The molecule has 5 heteroatoms. The van der Waals surface area contributed by atoms with E-state index < -0.39 is 0 Å². The van der Waals surface area contributed by atoms with E-state index in [1.165, 1.54) is 0 Å². The molecule has 1 aromatic heterocycles. The van der Waals surface area contributed by atoms with Crippen LogP contribution in [-0.2, 0) is 6.42 Å². The highest BCUT2D eigenvalue weighted by Crippen LogP contribution is 2.28. The number of aromatic amines is 1. The van der Waals surface area contributed by atoms with Crippen LogP contribution in [0, 0.1) is 6.92 Å². The number of aromatic nitrogens is 2. The fraction of sp³-hybridized carbons (Fsp3) is 0.286. The van der Waals surface area contributed by atoms with Gasteiger partial charge in [-0.25, -0.2) is 5.10 Å². The number of methoxy groups -OCH3 is 2. The van der Waals surface area contributed by atoms with Crippen LogP contribution in [0.4, 0.5) is 0 Å². The summed E-state index contributed by atoms with van der Waals surface area (Å²) in [6, 6.07) is 7.49. The van der Waals surface area contributed by atoms with Crippen molar-refractivity contribution in [2.75, 3.05) is 14.2 Å². The summed E-state index contributed by atoms with van der Waals surface area (Å²) in [5, 5.41) is 6.50. The molecule has 5 nitrogen and oxygen atoms in total. The Morgan fingerprint density at radius 1 is 1.16 bits per heavy atom. The molecule has 0 aliphatic carbocycles. The summed E-state index contributed by atoms with van der Waals surface area (Å²) in [7, 11) is 3.20. The average molecular weight is 260 g/mol. The minimum absolute atomic E-state index is 0.156. The molecule has 0 saturated heterocycles. The zero-order chi connectivity index (χ0) is 13.8. The van der Waals surface area contributed by atoms with Crippen LogP contribution in [0.15, 0.2) is 29.1 Å². The lowest BCUT2D eigenvalue weighted by Crippen LogP contribution is -2.12. The van der Waals surface area contributed by atoms with Crippen LogP contribution in [0.2, 0.25) is 0 Å². The first-order valence-electron chi connectivity index (χ1n) is 5.90. The second-order valence-corrected chi connectivity index (χ2v) is 4.24. The Bertz CT molecular complexity index is 635. The number of rotatable bonds is 4. The molecule has 0 aliphatic heterocycles. The summed E-state index contributed by atoms with van der Waals surface area (Å²) >= 11 is 0. The number of hydrogen-bond acceptors (Lipinski definition) is 4. The zero-order valence-electron chi connectivity index (χ0n) is 11.2. The molecule has 1 N–H and O–H groups in total. The molecule has 0 bridgehead atoms. The number of nitrogens with one attached hydrogen (secondary N) is 1. The molecule has 100 valence electrons. The summed E-state index contributed by atoms with van der Waals surface area (Å²) in [5.41, 5.74) is 2.35. The van der Waals surface area contributed by atoms with Gasteiger partial charge in [0.05, 0.1) is 19.9 Å². The van der Waals surface area contributed by atoms with E-state index >= 15 is 0 Å². The molecule has 0 saturated carbocycles. The molecule has 0 radical (unpaired) electrons. The van der Waals surface area contributed by atoms with Crippen LogP contribution in [0.25, 0.3) is 0 Å². The van der Waals surface area contributed by atoms with Crippen molar-refractivity contribution < 1.29 is 9.47 Å². The highest BCUT2D eigenvalue weighted by atomic mass is 16.5. The average Bonchev–Trinajstić information content (AvgIpc) is 2.43. The number of ether oxygens (including phenoxy) is 2. The van der Waals surface area contributed by atoms with Crippen molar-refractivity contribution in [3.8, 4) is 11.5 Å². The van der Waals surface area contributed by atoms with Crippen molar-refractivity contribution in [3.63, 3.8) is 0 Å². The number of nitrogens with zero attached hydrogens (tertiary/aromatic N) is 1. The summed E-state index contributed by atoms with van der Waals surface area (Å²) in [6.45, 7) is 1.76. The van der Waals surface area contributed by atoms with Crippen molar-refractivity contribution in [1.29, 1.82) is 0 Å². The Morgan fingerprint density at radius 3 is 2.53 bits per heavy atom. The molecule has 0 atom stereocenters. The Balaban J connectivity index is 2.27. The predicted octanol–water partition coefficient (Wildman–Crippen LogP) is 1.69. The van der Waals surface area contributed by atoms with Gasteiger partial charge >= 0.3 is 0 Å². The van der Waals surface area contributed by atoms with Crippen LogP contribution >= 0.6 is 0 Å². The molecule has 2 rings (SSSR count). The number of aryl methyl sites for hydroxylation is 1. The molecule has 0 fully saturated rings. The second-order valence-electron chi connectivity index (χ2n) is 4.24. The van der Waals surface area contributed by atoms with Gasteiger partial charge < -0.3 is 9.47 Å². The Labute approximate surface area is 111 Å². The van der Waals surface area contributed by atoms with Gasteiger partial charge in [-0.15, -0.1) is 0 Å². The lowest BCUT2D eigenvalue weighted by Gasteiger charge is -2.09. The maximum Gasteiger partial charge on any atom is 0.267 e. The molecule has 1 aromatic carbocycles. The standard InChI is InChI=1S/C14H16N2O3/c1-9-6-11(15-16-14(9)17)7-10-4-5-12(18-2)13(8-10)19-3/h4-6,8H,7H2,1-3H3,(H,16,17). The maximum atomic E-state index is 11.3. The first-order valence-corrected chi connectivity index (χ1v) is 5.90. The van der Waals surface area contributed by atoms with E-state index in [1.54, 1.807) is 27.2 Å². The summed E-state index contributed by atoms with van der Waals surface area (Å²) in [5.74, 6) is 1.37. The predicted molar refractivity (Wildman–Crippen MR) is 71.9 cm³/mol. The smallest absolute Gasteiger partial charge is 0.267 e. The first kappa shape index (κ1) is 13.1. The Kier molecular flexibility index (Phi) is 3.85. The molecule has 0 aliphatic rings. The highest BCUT2D eigenvalue weighted by molar-refractivity contribution is 5.43. The Hall–Kier alpha value is -2.30. The monoisotopic (exact) mass is 260 g/mol. The minimum Gasteiger partial charge on any atom is -0.493 e. The molecular formula is C14H16N2O3. The maximum absolute atomic E-state index is 11.3. The van der Waals surface area contributed by atoms with Crippen LogP contribution in [0.3, 0.4) is 0 Å². The van der Waals surface area contributed by atoms with Gasteiger partial charge in [0.15, 0.2) is 11.5 Å². The van der Waals surface area contributed by atoms with E-state index in [-0.39, 0.29) is 5.56 Å². The first-order chi connectivity index (χ1) is 9.13. The van der Waals surface area contributed by atoms with Crippen LogP contribution < -0.4 is 15.0 Å². The van der Waals surface area contributed by atoms with Crippen molar-refractivity contribution in [2.24, 2.45) is 0 Å². The van der Waals surface area contributed by atoms with Gasteiger partial charge in [0.1, 0.15) is 0 Å². The number of H-pyrrole nitrogens is 1. The van der Waals surface area contributed by atoms with Gasteiger partial charge in [0.2, 0.25) is 0 Å². The second kappa shape index (κ2) is 5.56. The summed E-state index contributed by atoms with van der Waals surface area (Å²) in [4.78, 5) is 11.3. The molecule has 19 heavy (non-hydrogen) atoms. The molecule has 0 spiro atoms. The summed E-state index contributed by atoms with van der Waals surface area (Å²) < 4.78 is 10.4. The van der Waals surface area contributed by atoms with Gasteiger partial charge in [-0.05, 0) is 30.7 Å². The van der Waals surface area contributed by atoms with Gasteiger partial charge in [-0.3, -0.25) is 4.79 Å². The van der Waals surface area contributed by atoms with E-state index in [2.05, 4.69) is 10.2 Å². The fourth-order valence-corrected chi connectivity index (χ4v) is 1.85. The van der Waals surface area contributed by atoms with Crippen molar-refractivity contribution >= 4 is 0 Å². The van der Waals surface area contributed by atoms with Crippen LogP contribution in [-0.4, -0.2) is 24.4 Å². The van der Waals surface area contributed by atoms with Gasteiger partial charge in [-0.1, -0.05) is 6.07 Å². The van der Waals surface area contributed by atoms with E-state index in [1.807, 2.05) is 18.2 Å². The van der Waals surface area contributed by atoms with Gasteiger partial charge in [0, 0.05) is 12.0 Å². The SMILES string of the molecule is COc1ccc(Cc2cc(C)c(=O)[nH]n2)cc1OC. The Morgan fingerprint density at radius 2 is 1.89 bits per heavy atom. The highest BCUT2D eigenvalue weighted by Gasteiger charge is 2.06. The quantitative estimate of drug-likeness (QED) is 0.908. The van der Waals surface area contributed by atoms with E-state index in [9.17, 15) is 4.79 Å². The largest absolute Gasteiger partial charge is 0.493 e. The van der Waals surface area contributed by atoms with E-state index in [0.29, 0.717) is 23.5 Å². The fourth-order valence-electron chi connectivity index (χ4n) is 1.85. The van der Waals surface area contributed by atoms with Crippen LogP contribution in [0.5, 0.6) is 11.5 Å². The molecule has 0 unspecified atom stereocenters. The van der Waals surface area contributed by atoms with Gasteiger partial charge in [0.25, 0.3) is 5.56 Å². The van der Waals surface area contributed by atoms with E-state index in [4.69, 9.17) is 9.47 Å². The lowest BCUT2D eigenvalue weighted by molar-refractivity contribution is 0.354. The topological polar surface area (TPSA) is 64.2 Å². The minimum atomic E-state index is -0.156. The third-order valence-corrected chi connectivity index (χ3v) is 2.88. The van der Waals surface area contributed by atoms with Crippen molar-refractivity contribution in [3.05, 3.63) is 51.4 Å². The number of hydrogen-bond donors (Lipinski definition) is 1. The third kappa shape index (κ3) is 2.93. The third-order valence-electron chi connectivity index (χ3n) is 2.88. The normalized spacial score (nSPS) is 10.3. The zero-order valence-corrected chi connectivity index (χ0v) is 11.2. The summed E-state index contributed by atoms with van der Waals surface area (Å²) in [6.07, 6.45) is 0.623. The van der Waals surface area contributed by atoms with Crippen molar-refractivity contribution in [2.45, 2.75) is 13.3 Å². The number of benzene rings is 1. The van der Waals surface area contributed by atoms with E-state index in [0.717, 1.165) is 11.3 Å². The van der Waals surface area contributed by atoms with Crippen LogP contribution in [0.1, 0.15) is 16.8 Å². The molecule has 0 amide bonds. The molecular weight excluding hydrogens is 244 g/mol. The van der Waals surface area contributed by atoms with Crippen molar-refractivity contribution in [1.82, 2.24) is 10.2 Å². The van der Waals surface area contributed by atoms with Gasteiger partial charge in [-0.2, -0.15) is 5.10 Å². The molecule has 2 aromatic rings.